The van der Waals surface area contributed by atoms with Gasteiger partial charge in [0, 0.05) is 5.56 Å². The van der Waals surface area contributed by atoms with Gasteiger partial charge in [0.15, 0.2) is 0 Å². The molecule has 0 heterocycles. The van der Waals surface area contributed by atoms with Gasteiger partial charge in [-0.25, -0.2) is 8.78 Å². The summed E-state index contributed by atoms with van der Waals surface area (Å²) in [5.41, 5.74) is 3.56. The highest BCUT2D eigenvalue weighted by molar-refractivity contribution is 5.69. The zero-order chi connectivity index (χ0) is 17.8. The third kappa shape index (κ3) is 4.40. The van der Waals surface area contributed by atoms with Crippen molar-refractivity contribution in [1.29, 1.82) is 0 Å². The van der Waals surface area contributed by atoms with Crippen LogP contribution in [0.5, 0.6) is 0 Å². The summed E-state index contributed by atoms with van der Waals surface area (Å²) in [4.78, 5) is 0. The summed E-state index contributed by atoms with van der Waals surface area (Å²) in [6.45, 7) is 4.38. The first-order valence-electron chi connectivity index (χ1n) is 9.96. The molecule has 2 heteroatoms. The van der Waals surface area contributed by atoms with Crippen LogP contribution in [0.1, 0.15) is 76.3 Å². The summed E-state index contributed by atoms with van der Waals surface area (Å²) >= 11 is 0. The number of hydrogen-bond acceptors (Lipinski definition) is 0. The Morgan fingerprint density at radius 3 is 2.20 bits per heavy atom. The maximum Gasteiger partial charge on any atom is 0.129 e. The molecule has 0 radical (unpaired) electrons. The van der Waals surface area contributed by atoms with E-state index in [-0.39, 0.29) is 17.2 Å². The molecule has 2 aliphatic rings. The molecule has 1 aromatic carbocycles. The summed E-state index contributed by atoms with van der Waals surface area (Å²) in [6.07, 6.45) is 13.7. The summed E-state index contributed by atoms with van der Waals surface area (Å²) in [7, 11) is 0. The number of unbranched alkanes of at least 4 members (excludes halogenated alkanes) is 1. The first-order chi connectivity index (χ1) is 12.1. The number of rotatable bonds is 5. The molecule has 0 spiro atoms. The quantitative estimate of drug-likeness (QED) is 0.528. The normalized spacial score (nSPS) is 24.0. The Hall–Kier alpha value is -1.44. The van der Waals surface area contributed by atoms with Gasteiger partial charge in [-0.3, -0.25) is 0 Å². The van der Waals surface area contributed by atoms with Crippen LogP contribution in [0.4, 0.5) is 8.78 Å². The van der Waals surface area contributed by atoms with Gasteiger partial charge < -0.3 is 0 Å². The Morgan fingerprint density at radius 2 is 1.64 bits per heavy atom. The molecule has 0 amide bonds. The monoisotopic (exact) mass is 344 g/mol. The van der Waals surface area contributed by atoms with E-state index in [4.69, 9.17) is 0 Å². The lowest BCUT2D eigenvalue weighted by Gasteiger charge is -2.29. The first kappa shape index (κ1) is 18.4. The minimum absolute atomic E-state index is 0.245. The Labute approximate surface area is 151 Å². The molecule has 0 aliphatic heterocycles. The standard InChI is InChI=1S/C23H30F2/c1-3-4-5-21-22(24)14-20(15-23(21)25)19-12-10-18(11-13-19)17-8-6-16(2)7-9-17/h10,12,14-17H,3-9,11,13H2,1-2H3. The third-order valence-corrected chi connectivity index (χ3v) is 6.01. The van der Waals surface area contributed by atoms with Crippen LogP contribution in [0.15, 0.2) is 29.9 Å². The van der Waals surface area contributed by atoms with Crippen LogP contribution in [-0.2, 0) is 6.42 Å². The summed E-state index contributed by atoms with van der Waals surface area (Å²) in [5, 5.41) is 0. The highest BCUT2D eigenvalue weighted by Crippen LogP contribution is 2.38. The molecule has 0 atom stereocenters. The molecular weight excluding hydrogens is 314 g/mol. The summed E-state index contributed by atoms with van der Waals surface area (Å²) < 4.78 is 28.6. The van der Waals surface area contributed by atoms with E-state index < -0.39 is 0 Å². The maximum atomic E-state index is 14.3. The number of halogens is 2. The van der Waals surface area contributed by atoms with Crippen LogP contribution in [0.2, 0.25) is 0 Å². The van der Waals surface area contributed by atoms with Crippen LogP contribution < -0.4 is 0 Å². The molecule has 1 aromatic rings. The molecule has 0 N–H and O–H groups in total. The second-order valence-corrected chi connectivity index (χ2v) is 7.91. The van der Waals surface area contributed by atoms with E-state index in [1.807, 2.05) is 6.92 Å². The second-order valence-electron chi connectivity index (χ2n) is 7.91. The fourth-order valence-electron chi connectivity index (χ4n) is 4.25. The van der Waals surface area contributed by atoms with E-state index in [1.165, 1.54) is 43.4 Å². The lowest BCUT2D eigenvalue weighted by molar-refractivity contribution is 0.316. The van der Waals surface area contributed by atoms with Gasteiger partial charge in [-0.15, -0.1) is 0 Å². The van der Waals surface area contributed by atoms with Crippen molar-refractivity contribution in [2.45, 2.75) is 71.6 Å². The number of allylic oxidation sites excluding steroid dienone is 4. The fraction of sp³-hybridized carbons (Fsp3) is 0.565. The molecular formula is C23H30F2. The van der Waals surface area contributed by atoms with Crippen molar-refractivity contribution in [3.63, 3.8) is 0 Å². The first-order valence-corrected chi connectivity index (χ1v) is 9.96. The van der Waals surface area contributed by atoms with Gasteiger partial charge in [0.2, 0.25) is 0 Å². The van der Waals surface area contributed by atoms with E-state index >= 15 is 0 Å². The molecule has 2 aliphatic carbocycles. The summed E-state index contributed by atoms with van der Waals surface area (Å²) in [5.74, 6) is 0.809. The van der Waals surface area contributed by atoms with Gasteiger partial charge in [-0.05, 0) is 73.6 Å². The second kappa shape index (κ2) is 8.29. The molecule has 0 unspecified atom stereocenters. The minimum atomic E-state index is -0.389. The van der Waals surface area contributed by atoms with Gasteiger partial charge in [0.1, 0.15) is 11.6 Å². The van der Waals surface area contributed by atoms with Crippen molar-refractivity contribution < 1.29 is 8.78 Å². The molecule has 1 saturated carbocycles. The Bertz CT molecular complexity index is 638. The largest absolute Gasteiger partial charge is 0.207 e. The van der Waals surface area contributed by atoms with Crippen molar-refractivity contribution in [2.24, 2.45) is 11.8 Å². The zero-order valence-corrected chi connectivity index (χ0v) is 15.6. The lowest BCUT2D eigenvalue weighted by atomic mass is 9.76. The van der Waals surface area contributed by atoms with Crippen LogP contribution in [0.25, 0.3) is 5.57 Å². The minimum Gasteiger partial charge on any atom is -0.207 e. The molecule has 1 fully saturated rings. The zero-order valence-electron chi connectivity index (χ0n) is 15.6. The predicted octanol–water partition coefficient (Wildman–Crippen LogP) is 7.24. The van der Waals surface area contributed by atoms with Gasteiger partial charge in [0.25, 0.3) is 0 Å². The average molecular weight is 344 g/mol. The lowest BCUT2D eigenvalue weighted by Crippen LogP contribution is -2.15. The van der Waals surface area contributed by atoms with Gasteiger partial charge >= 0.3 is 0 Å². The van der Waals surface area contributed by atoms with E-state index in [2.05, 4.69) is 19.1 Å². The Kier molecular flexibility index (Phi) is 6.09. The fourth-order valence-corrected chi connectivity index (χ4v) is 4.25. The topological polar surface area (TPSA) is 0 Å². The highest BCUT2D eigenvalue weighted by Gasteiger charge is 2.23. The third-order valence-electron chi connectivity index (χ3n) is 6.01. The van der Waals surface area contributed by atoms with Crippen molar-refractivity contribution in [3.05, 3.63) is 52.6 Å². The van der Waals surface area contributed by atoms with Crippen molar-refractivity contribution >= 4 is 5.57 Å². The van der Waals surface area contributed by atoms with Gasteiger partial charge in [0.05, 0.1) is 0 Å². The highest BCUT2D eigenvalue weighted by atomic mass is 19.1. The van der Waals surface area contributed by atoms with Crippen molar-refractivity contribution in [3.8, 4) is 0 Å². The Morgan fingerprint density at radius 1 is 0.960 bits per heavy atom. The van der Waals surface area contributed by atoms with E-state index in [0.29, 0.717) is 12.0 Å². The molecule has 136 valence electrons. The maximum absolute atomic E-state index is 14.3. The molecule has 0 saturated heterocycles. The molecule has 0 nitrogen and oxygen atoms in total. The van der Waals surface area contributed by atoms with E-state index in [1.54, 1.807) is 0 Å². The predicted molar refractivity (Wildman–Crippen MR) is 101 cm³/mol. The number of benzene rings is 1. The molecule has 25 heavy (non-hydrogen) atoms. The Balaban J connectivity index is 1.74. The van der Waals surface area contributed by atoms with Crippen molar-refractivity contribution in [2.75, 3.05) is 0 Å². The SMILES string of the molecule is CCCCc1c(F)cc(C2=CC=C(C3CCC(C)CC3)CC2)cc1F. The number of hydrogen-bond donors (Lipinski definition) is 0. The van der Waals surface area contributed by atoms with E-state index in [9.17, 15) is 8.78 Å². The van der Waals surface area contributed by atoms with Crippen LogP contribution in [0, 0.1) is 23.5 Å². The average Bonchev–Trinajstić information content (AvgIpc) is 2.62. The summed E-state index contributed by atoms with van der Waals surface area (Å²) in [6, 6.07) is 3.06. The molecule has 3 rings (SSSR count). The van der Waals surface area contributed by atoms with Crippen LogP contribution in [-0.4, -0.2) is 0 Å². The van der Waals surface area contributed by atoms with Crippen LogP contribution in [0.3, 0.4) is 0 Å². The van der Waals surface area contributed by atoms with E-state index in [0.717, 1.165) is 43.1 Å². The van der Waals surface area contributed by atoms with Crippen molar-refractivity contribution in [1.82, 2.24) is 0 Å². The molecule has 0 aromatic heterocycles. The van der Waals surface area contributed by atoms with Gasteiger partial charge in [-0.1, -0.05) is 50.8 Å². The van der Waals surface area contributed by atoms with Gasteiger partial charge in [-0.2, -0.15) is 0 Å². The molecule has 0 bridgehead atoms. The smallest absolute Gasteiger partial charge is 0.129 e. The van der Waals surface area contributed by atoms with Crippen LogP contribution >= 0.6 is 0 Å².